The Labute approximate surface area is 194 Å². The van der Waals surface area contributed by atoms with Crippen LogP contribution in [-0.2, 0) is 0 Å². The van der Waals surface area contributed by atoms with Gasteiger partial charge in [-0.2, -0.15) is 0 Å². The third-order valence-corrected chi connectivity index (χ3v) is 5.58. The van der Waals surface area contributed by atoms with Gasteiger partial charge in [0.1, 0.15) is 0 Å². The zero-order valence-corrected chi connectivity index (χ0v) is 21.7. The average molecular weight is 427 g/mol. The SMILES string of the molecule is C=C(CC/C=C(\C)CCC=C(C)C)[C@H](O)CC/C=C(\C)CC/C=C(\C)CCC=C(C)C. The van der Waals surface area contributed by atoms with Crippen LogP contribution in [0, 0.1) is 0 Å². The van der Waals surface area contributed by atoms with Crippen molar-refractivity contribution < 1.29 is 5.11 Å². The van der Waals surface area contributed by atoms with E-state index in [4.69, 9.17) is 0 Å². The number of aliphatic hydroxyl groups is 1. The molecule has 1 atom stereocenters. The minimum atomic E-state index is -0.388. The van der Waals surface area contributed by atoms with Gasteiger partial charge in [-0.15, -0.1) is 0 Å². The Morgan fingerprint density at radius 2 is 0.935 bits per heavy atom. The van der Waals surface area contributed by atoms with Crippen LogP contribution in [-0.4, -0.2) is 11.2 Å². The van der Waals surface area contributed by atoms with Crippen molar-refractivity contribution in [1.82, 2.24) is 0 Å². The fourth-order valence-corrected chi connectivity index (χ4v) is 3.39. The van der Waals surface area contributed by atoms with E-state index in [2.05, 4.69) is 85.4 Å². The van der Waals surface area contributed by atoms with E-state index in [-0.39, 0.29) is 6.10 Å². The van der Waals surface area contributed by atoms with E-state index in [0.717, 1.165) is 69.8 Å². The number of hydrogen-bond donors (Lipinski definition) is 1. The Kier molecular flexibility index (Phi) is 17.1. The Morgan fingerprint density at radius 3 is 1.35 bits per heavy atom. The highest BCUT2D eigenvalue weighted by atomic mass is 16.3. The molecule has 0 radical (unpaired) electrons. The van der Waals surface area contributed by atoms with Crippen LogP contribution in [0.3, 0.4) is 0 Å². The molecule has 0 saturated heterocycles. The molecule has 0 rings (SSSR count). The van der Waals surface area contributed by atoms with Crippen molar-refractivity contribution in [3.8, 4) is 0 Å². The minimum Gasteiger partial charge on any atom is -0.389 e. The first-order valence-corrected chi connectivity index (χ1v) is 12.2. The summed E-state index contributed by atoms with van der Waals surface area (Å²) in [7, 11) is 0. The predicted molar refractivity (Wildman–Crippen MR) is 141 cm³/mol. The molecule has 0 spiro atoms. The second-order valence-electron chi connectivity index (χ2n) is 9.62. The predicted octanol–water partition coefficient (Wildman–Crippen LogP) is 9.58. The molecule has 1 heteroatoms. The molecule has 1 nitrogen and oxygen atoms in total. The van der Waals surface area contributed by atoms with Crippen molar-refractivity contribution in [2.75, 3.05) is 0 Å². The van der Waals surface area contributed by atoms with Gasteiger partial charge < -0.3 is 5.11 Å². The molecule has 31 heavy (non-hydrogen) atoms. The maximum atomic E-state index is 10.4. The smallest absolute Gasteiger partial charge is 0.0750 e. The van der Waals surface area contributed by atoms with Crippen LogP contribution in [0.25, 0.3) is 0 Å². The summed E-state index contributed by atoms with van der Waals surface area (Å²) in [6.45, 7) is 19.4. The molecule has 0 bridgehead atoms. The third-order valence-electron chi connectivity index (χ3n) is 5.58. The van der Waals surface area contributed by atoms with Gasteiger partial charge in [0.15, 0.2) is 0 Å². The van der Waals surface area contributed by atoms with E-state index >= 15 is 0 Å². The number of aliphatic hydroxyl groups excluding tert-OH is 1. The molecule has 0 aliphatic carbocycles. The molecule has 0 saturated carbocycles. The lowest BCUT2D eigenvalue weighted by Gasteiger charge is -2.12. The van der Waals surface area contributed by atoms with Gasteiger partial charge in [0.2, 0.25) is 0 Å². The summed E-state index contributed by atoms with van der Waals surface area (Å²) in [5.74, 6) is 0. The van der Waals surface area contributed by atoms with Crippen molar-refractivity contribution in [3.05, 3.63) is 70.4 Å². The lowest BCUT2D eigenvalue weighted by molar-refractivity contribution is 0.198. The molecule has 0 heterocycles. The van der Waals surface area contributed by atoms with Gasteiger partial charge in [-0.25, -0.2) is 0 Å². The number of allylic oxidation sites excluding steroid dienone is 10. The first kappa shape index (κ1) is 29.4. The van der Waals surface area contributed by atoms with Crippen molar-refractivity contribution in [1.29, 1.82) is 0 Å². The maximum absolute atomic E-state index is 10.4. The molecular formula is C30H50O. The second kappa shape index (κ2) is 18.0. The molecule has 176 valence electrons. The van der Waals surface area contributed by atoms with Crippen LogP contribution in [0.4, 0.5) is 0 Å². The Balaban J connectivity index is 4.11. The van der Waals surface area contributed by atoms with Crippen molar-refractivity contribution >= 4 is 0 Å². The van der Waals surface area contributed by atoms with Crippen LogP contribution in [0.2, 0.25) is 0 Å². The van der Waals surface area contributed by atoms with Gasteiger partial charge in [-0.1, -0.05) is 64.8 Å². The topological polar surface area (TPSA) is 20.2 Å². The molecule has 0 amide bonds. The summed E-state index contributed by atoms with van der Waals surface area (Å²) < 4.78 is 0. The zero-order chi connectivity index (χ0) is 23.6. The van der Waals surface area contributed by atoms with Crippen LogP contribution >= 0.6 is 0 Å². The van der Waals surface area contributed by atoms with Crippen molar-refractivity contribution in [2.24, 2.45) is 0 Å². The molecule has 0 aromatic rings. The highest BCUT2D eigenvalue weighted by Gasteiger charge is 2.07. The van der Waals surface area contributed by atoms with E-state index < -0.39 is 0 Å². The molecule has 0 aliphatic rings. The third kappa shape index (κ3) is 18.9. The van der Waals surface area contributed by atoms with Crippen LogP contribution in [0.15, 0.2) is 70.4 Å². The molecule has 0 aliphatic heterocycles. The first-order valence-electron chi connectivity index (χ1n) is 12.2. The maximum Gasteiger partial charge on any atom is 0.0750 e. The van der Waals surface area contributed by atoms with Gasteiger partial charge in [-0.05, 0) is 118 Å². The molecule has 0 aromatic heterocycles. The van der Waals surface area contributed by atoms with Crippen LogP contribution in [0.5, 0.6) is 0 Å². The Morgan fingerprint density at radius 1 is 0.581 bits per heavy atom. The van der Waals surface area contributed by atoms with E-state index in [9.17, 15) is 5.11 Å². The average Bonchev–Trinajstić information content (AvgIpc) is 2.67. The summed E-state index contributed by atoms with van der Waals surface area (Å²) in [5, 5.41) is 10.4. The van der Waals surface area contributed by atoms with Crippen LogP contribution < -0.4 is 0 Å². The van der Waals surface area contributed by atoms with E-state index in [1.165, 1.54) is 27.9 Å². The summed E-state index contributed by atoms with van der Waals surface area (Å²) in [6, 6.07) is 0. The summed E-state index contributed by atoms with van der Waals surface area (Å²) >= 11 is 0. The molecular weight excluding hydrogens is 376 g/mol. The fraction of sp³-hybridized carbons (Fsp3) is 0.600. The van der Waals surface area contributed by atoms with Crippen molar-refractivity contribution in [3.63, 3.8) is 0 Å². The normalized spacial score (nSPS) is 13.7. The largest absolute Gasteiger partial charge is 0.389 e. The van der Waals surface area contributed by atoms with Gasteiger partial charge in [-0.3, -0.25) is 0 Å². The molecule has 0 fully saturated rings. The number of rotatable bonds is 16. The Bertz CT molecular complexity index is 659. The van der Waals surface area contributed by atoms with Gasteiger partial charge in [0.25, 0.3) is 0 Å². The van der Waals surface area contributed by atoms with E-state index in [1.54, 1.807) is 0 Å². The summed E-state index contributed by atoms with van der Waals surface area (Å²) in [4.78, 5) is 0. The zero-order valence-electron chi connectivity index (χ0n) is 21.7. The monoisotopic (exact) mass is 426 g/mol. The number of hydrogen-bond acceptors (Lipinski definition) is 1. The minimum absolute atomic E-state index is 0.388. The highest BCUT2D eigenvalue weighted by Crippen LogP contribution is 2.17. The van der Waals surface area contributed by atoms with Crippen molar-refractivity contribution in [2.45, 2.75) is 119 Å². The second-order valence-corrected chi connectivity index (χ2v) is 9.62. The highest BCUT2D eigenvalue weighted by molar-refractivity contribution is 5.09. The molecule has 1 N–H and O–H groups in total. The Hall–Kier alpha value is -1.60. The van der Waals surface area contributed by atoms with Gasteiger partial charge >= 0.3 is 0 Å². The molecule has 0 unspecified atom stereocenters. The van der Waals surface area contributed by atoms with E-state index in [1.807, 2.05) is 0 Å². The first-order chi connectivity index (χ1) is 14.6. The fourth-order valence-electron chi connectivity index (χ4n) is 3.39. The quantitative estimate of drug-likeness (QED) is 0.243. The lowest BCUT2D eigenvalue weighted by Crippen LogP contribution is -2.08. The van der Waals surface area contributed by atoms with Crippen LogP contribution in [0.1, 0.15) is 113 Å². The van der Waals surface area contributed by atoms with Gasteiger partial charge in [0, 0.05) is 0 Å². The van der Waals surface area contributed by atoms with E-state index in [0.29, 0.717) is 0 Å². The summed E-state index contributed by atoms with van der Waals surface area (Å²) in [5.41, 5.74) is 8.08. The van der Waals surface area contributed by atoms with Gasteiger partial charge in [0.05, 0.1) is 6.10 Å². The molecule has 0 aromatic carbocycles. The lowest BCUT2D eigenvalue weighted by atomic mass is 9.99. The standard InChI is InChI=1S/C30H50O/c1-24(2)14-9-16-26(5)18-11-19-28(7)21-13-23-30(31)29(8)22-12-20-27(6)17-10-15-25(3)4/h14-15,18,20-21,30-31H,8-13,16-17,19,22-23H2,1-7H3/b26-18+,27-20+,28-21+/t30-/m1/s1. The summed E-state index contributed by atoms with van der Waals surface area (Å²) in [6.07, 6.45) is 21.5.